The van der Waals surface area contributed by atoms with Crippen molar-refractivity contribution in [3.8, 4) is 6.07 Å². The van der Waals surface area contributed by atoms with E-state index in [1.165, 1.54) is 6.20 Å². The zero-order chi connectivity index (χ0) is 14.8. The van der Waals surface area contributed by atoms with E-state index in [-0.39, 0.29) is 5.91 Å². The summed E-state index contributed by atoms with van der Waals surface area (Å²) < 4.78 is -0.945. The maximum Gasteiger partial charge on any atom is 0.229 e. The Labute approximate surface area is 127 Å². The monoisotopic (exact) mass is 312 g/mol. The van der Waals surface area contributed by atoms with E-state index >= 15 is 0 Å². The van der Waals surface area contributed by atoms with E-state index in [2.05, 4.69) is 15.6 Å². The molecule has 0 saturated heterocycles. The van der Waals surface area contributed by atoms with E-state index in [1.54, 1.807) is 19.1 Å². The van der Waals surface area contributed by atoms with E-state index in [1.807, 2.05) is 6.07 Å². The summed E-state index contributed by atoms with van der Waals surface area (Å²) in [4.78, 5) is 15.9. The van der Waals surface area contributed by atoms with Gasteiger partial charge >= 0.3 is 0 Å². The number of anilines is 1. The average molecular weight is 313 g/mol. The molecule has 1 aromatic heterocycles. The Morgan fingerprint density at radius 1 is 1.50 bits per heavy atom. The number of hydrogen-bond acceptors (Lipinski definition) is 4. The lowest BCUT2D eigenvalue weighted by Gasteiger charge is -2.13. The van der Waals surface area contributed by atoms with Crippen LogP contribution in [0.25, 0.3) is 0 Å². The molecule has 1 aromatic rings. The highest BCUT2D eigenvalue weighted by atomic mass is 35.5. The molecular formula is C13H14Cl2N4O. The second-order valence-electron chi connectivity index (χ2n) is 4.94. The SMILES string of the molecule is CC1(C(=O)NCCNc2ccc(C#N)cn2)CC1(Cl)Cl. The number of rotatable bonds is 5. The highest BCUT2D eigenvalue weighted by Gasteiger charge is 2.67. The summed E-state index contributed by atoms with van der Waals surface area (Å²) in [5.74, 6) is 0.511. The zero-order valence-electron chi connectivity index (χ0n) is 10.9. The topological polar surface area (TPSA) is 77.8 Å². The van der Waals surface area contributed by atoms with E-state index in [9.17, 15) is 4.79 Å². The van der Waals surface area contributed by atoms with Gasteiger partial charge in [-0.25, -0.2) is 4.98 Å². The van der Waals surface area contributed by atoms with Gasteiger partial charge in [-0.2, -0.15) is 5.26 Å². The molecule has 0 aromatic carbocycles. The van der Waals surface area contributed by atoms with Crippen LogP contribution in [0.5, 0.6) is 0 Å². The summed E-state index contributed by atoms with van der Waals surface area (Å²) in [6.45, 7) is 2.72. The van der Waals surface area contributed by atoms with Gasteiger partial charge in [0.15, 0.2) is 0 Å². The lowest BCUT2D eigenvalue weighted by Crippen LogP contribution is -2.36. The van der Waals surface area contributed by atoms with Crippen molar-refractivity contribution in [2.75, 3.05) is 18.4 Å². The summed E-state index contributed by atoms with van der Waals surface area (Å²) in [6, 6.07) is 5.38. The van der Waals surface area contributed by atoms with Crippen LogP contribution in [0.4, 0.5) is 5.82 Å². The van der Waals surface area contributed by atoms with Crippen molar-refractivity contribution in [3.05, 3.63) is 23.9 Å². The molecule has 5 nitrogen and oxygen atoms in total. The van der Waals surface area contributed by atoms with E-state index in [4.69, 9.17) is 28.5 Å². The molecular weight excluding hydrogens is 299 g/mol. The van der Waals surface area contributed by atoms with Crippen LogP contribution in [0, 0.1) is 16.7 Å². The van der Waals surface area contributed by atoms with Crippen LogP contribution in [-0.4, -0.2) is 28.3 Å². The number of pyridine rings is 1. The molecule has 1 fully saturated rings. The molecule has 106 valence electrons. The maximum atomic E-state index is 11.9. The predicted octanol–water partition coefficient (Wildman–Crippen LogP) is 2.07. The number of nitrogens with zero attached hydrogens (tertiary/aromatic N) is 2. The van der Waals surface area contributed by atoms with Crippen LogP contribution < -0.4 is 10.6 Å². The second kappa shape index (κ2) is 5.47. The third-order valence-electron chi connectivity index (χ3n) is 3.37. The number of hydrogen-bond donors (Lipinski definition) is 2. The van der Waals surface area contributed by atoms with Crippen molar-refractivity contribution in [3.63, 3.8) is 0 Å². The Hall–Kier alpha value is -1.51. The second-order valence-corrected chi connectivity index (χ2v) is 6.42. The number of carbonyl (C=O) groups excluding carboxylic acids is 1. The van der Waals surface area contributed by atoms with E-state index in [0.717, 1.165) is 0 Å². The van der Waals surface area contributed by atoms with Gasteiger partial charge in [0, 0.05) is 19.3 Å². The quantitative estimate of drug-likeness (QED) is 0.644. The van der Waals surface area contributed by atoms with Crippen LogP contribution in [0.15, 0.2) is 18.3 Å². The fourth-order valence-corrected chi connectivity index (χ4v) is 2.48. The third-order valence-corrected chi connectivity index (χ3v) is 4.47. The maximum absolute atomic E-state index is 11.9. The molecule has 20 heavy (non-hydrogen) atoms. The number of carbonyl (C=O) groups is 1. The molecule has 0 radical (unpaired) electrons. The molecule has 1 amide bonds. The first-order chi connectivity index (χ1) is 9.39. The fourth-order valence-electron chi connectivity index (χ4n) is 1.77. The molecule has 2 rings (SSSR count). The highest BCUT2D eigenvalue weighted by molar-refractivity contribution is 6.53. The molecule has 1 unspecified atom stereocenters. The first-order valence-electron chi connectivity index (χ1n) is 6.15. The minimum atomic E-state index is -0.945. The number of halogens is 2. The van der Waals surface area contributed by atoms with Gasteiger partial charge in [-0.15, -0.1) is 23.2 Å². The van der Waals surface area contributed by atoms with Crippen LogP contribution in [0.3, 0.4) is 0 Å². The molecule has 0 spiro atoms. The molecule has 1 aliphatic rings. The first-order valence-corrected chi connectivity index (χ1v) is 6.91. The van der Waals surface area contributed by atoms with Gasteiger partial charge < -0.3 is 10.6 Å². The average Bonchev–Trinajstić information content (AvgIpc) is 2.95. The van der Waals surface area contributed by atoms with Crippen molar-refractivity contribution < 1.29 is 4.79 Å². The first kappa shape index (κ1) is 14.9. The number of aromatic nitrogens is 1. The van der Waals surface area contributed by atoms with E-state index in [0.29, 0.717) is 30.9 Å². The molecule has 1 atom stereocenters. The number of nitriles is 1. The molecule has 1 heterocycles. The van der Waals surface area contributed by atoms with Crippen LogP contribution in [-0.2, 0) is 4.79 Å². The van der Waals surface area contributed by atoms with Crippen molar-refractivity contribution in [2.24, 2.45) is 5.41 Å². The highest BCUT2D eigenvalue weighted by Crippen LogP contribution is 2.63. The summed E-state index contributed by atoms with van der Waals surface area (Å²) in [5.41, 5.74) is -0.186. The standard InChI is InChI=1S/C13H14Cl2N4O/c1-12(8-13(12,14)15)11(20)18-5-4-17-10-3-2-9(6-16)7-19-10/h2-3,7H,4-5,8H2,1H3,(H,17,19)(H,18,20). The lowest BCUT2D eigenvalue weighted by molar-refractivity contribution is -0.125. The number of amides is 1. The summed E-state index contributed by atoms with van der Waals surface area (Å²) in [7, 11) is 0. The molecule has 0 bridgehead atoms. The van der Waals surface area contributed by atoms with Crippen LogP contribution in [0.1, 0.15) is 18.9 Å². The van der Waals surface area contributed by atoms with Gasteiger partial charge in [0.2, 0.25) is 5.91 Å². The number of alkyl halides is 2. The summed E-state index contributed by atoms with van der Waals surface area (Å²) >= 11 is 11.9. The Balaban J connectivity index is 1.72. The van der Waals surface area contributed by atoms with Crippen molar-refractivity contribution in [1.82, 2.24) is 10.3 Å². The van der Waals surface area contributed by atoms with Gasteiger partial charge in [0.1, 0.15) is 16.2 Å². The minimum absolute atomic E-state index is 0.142. The molecule has 7 heteroatoms. The van der Waals surface area contributed by atoms with Crippen molar-refractivity contribution >= 4 is 34.9 Å². The largest absolute Gasteiger partial charge is 0.368 e. The van der Waals surface area contributed by atoms with Gasteiger partial charge in [-0.05, 0) is 25.5 Å². The molecule has 1 saturated carbocycles. The smallest absolute Gasteiger partial charge is 0.229 e. The normalized spacial score (nSPS) is 22.7. The molecule has 2 N–H and O–H groups in total. The zero-order valence-corrected chi connectivity index (χ0v) is 12.4. The Kier molecular flexibility index (Phi) is 4.07. The van der Waals surface area contributed by atoms with Crippen molar-refractivity contribution in [1.29, 1.82) is 5.26 Å². The van der Waals surface area contributed by atoms with Gasteiger partial charge in [-0.1, -0.05) is 0 Å². The number of nitrogens with one attached hydrogen (secondary N) is 2. The van der Waals surface area contributed by atoms with Crippen LogP contribution >= 0.6 is 23.2 Å². The Morgan fingerprint density at radius 2 is 2.20 bits per heavy atom. The minimum Gasteiger partial charge on any atom is -0.368 e. The third kappa shape index (κ3) is 2.97. The summed E-state index contributed by atoms with van der Waals surface area (Å²) in [6.07, 6.45) is 1.96. The van der Waals surface area contributed by atoms with Gasteiger partial charge in [-0.3, -0.25) is 4.79 Å². The predicted molar refractivity (Wildman–Crippen MR) is 77.6 cm³/mol. The van der Waals surface area contributed by atoms with Gasteiger partial charge in [0.05, 0.1) is 11.0 Å². The Bertz CT molecular complexity index is 552. The Morgan fingerprint density at radius 3 is 2.70 bits per heavy atom. The van der Waals surface area contributed by atoms with E-state index < -0.39 is 9.75 Å². The lowest BCUT2D eigenvalue weighted by atomic mass is 10.1. The van der Waals surface area contributed by atoms with Gasteiger partial charge in [0.25, 0.3) is 0 Å². The molecule has 0 aliphatic heterocycles. The fraction of sp³-hybridized carbons (Fsp3) is 0.462. The summed E-state index contributed by atoms with van der Waals surface area (Å²) in [5, 5.41) is 14.5. The molecule has 1 aliphatic carbocycles. The van der Waals surface area contributed by atoms with Crippen LogP contribution in [0.2, 0.25) is 0 Å². The van der Waals surface area contributed by atoms with Crippen molar-refractivity contribution in [2.45, 2.75) is 17.7 Å².